The summed E-state index contributed by atoms with van der Waals surface area (Å²) in [5.41, 5.74) is 7.27. The van der Waals surface area contributed by atoms with Crippen LogP contribution in [0.4, 0.5) is 4.79 Å². The van der Waals surface area contributed by atoms with E-state index in [1.807, 2.05) is 66.7 Å². The van der Waals surface area contributed by atoms with Crippen molar-refractivity contribution >= 4 is 35.0 Å². The fourth-order valence-corrected chi connectivity index (χ4v) is 8.39. The molecular weight excluding hydrogens is 584 g/mol. The van der Waals surface area contributed by atoms with Gasteiger partial charge in [0.15, 0.2) is 11.6 Å². The molecule has 3 N–H and O–H groups in total. The minimum atomic E-state index is -1.35. The first kappa shape index (κ1) is 29.6. The number of urea groups is 1. The van der Waals surface area contributed by atoms with E-state index in [1.54, 1.807) is 24.3 Å². The minimum absolute atomic E-state index is 0.113. The number of Topliss-reactive ketones (excluding diaryl/α,β-unsaturated/α-hetero) is 1. The van der Waals surface area contributed by atoms with Crippen molar-refractivity contribution in [2.45, 2.75) is 24.2 Å². The quantitative estimate of drug-likeness (QED) is 0.315. The Hall–Kier alpha value is -5.15. The highest BCUT2D eigenvalue weighted by Crippen LogP contribution is 2.63. The van der Waals surface area contributed by atoms with E-state index in [0.717, 1.165) is 11.1 Å². The Kier molecular flexibility index (Phi) is 7.28. The fourth-order valence-electron chi connectivity index (χ4n) is 8.39. The van der Waals surface area contributed by atoms with Crippen LogP contribution in [0.5, 0.6) is 5.75 Å². The number of benzene rings is 3. The van der Waals surface area contributed by atoms with Crippen LogP contribution in [0, 0.1) is 23.7 Å². The second-order valence-electron chi connectivity index (χ2n) is 12.3. The SMILES string of the molecule is NC(=O)N1C(=O)[C@H]2[C@H](CC=C3[C@H]2C[C@H]2C(=O)C(c4ccccc4)=CC(=O)[C@@]2(c2ccccc2)[C@H]3c2ccc(OCCO)cc2)C1=O. The largest absolute Gasteiger partial charge is 0.491 e. The number of primary amides is 1. The van der Waals surface area contributed by atoms with Crippen molar-refractivity contribution < 1.29 is 33.8 Å². The number of ketones is 2. The third-order valence-electron chi connectivity index (χ3n) is 10.2. The molecule has 4 aliphatic rings. The number of amides is 4. The summed E-state index contributed by atoms with van der Waals surface area (Å²) in [6, 6.07) is 24.4. The number of carbonyl (C=O) groups is 5. The molecule has 9 heteroatoms. The molecule has 0 aromatic heterocycles. The number of hydrogen-bond donors (Lipinski definition) is 2. The van der Waals surface area contributed by atoms with Crippen molar-refractivity contribution in [1.29, 1.82) is 0 Å². The third kappa shape index (κ3) is 4.29. The zero-order chi connectivity index (χ0) is 32.2. The van der Waals surface area contributed by atoms with Gasteiger partial charge >= 0.3 is 6.03 Å². The molecule has 7 rings (SSSR count). The molecule has 46 heavy (non-hydrogen) atoms. The van der Waals surface area contributed by atoms with Gasteiger partial charge in [0.05, 0.1) is 23.9 Å². The van der Waals surface area contributed by atoms with Crippen LogP contribution in [0.3, 0.4) is 0 Å². The number of ether oxygens (including phenoxy) is 1. The Morgan fingerprint density at radius 1 is 0.891 bits per heavy atom. The van der Waals surface area contributed by atoms with E-state index in [2.05, 4.69) is 0 Å². The molecule has 1 aliphatic heterocycles. The second kappa shape index (κ2) is 11.3. The molecular formula is C37H32N2O7. The van der Waals surface area contributed by atoms with Crippen molar-refractivity contribution in [1.82, 2.24) is 4.90 Å². The summed E-state index contributed by atoms with van der Waals surface area (Å²) in [5.74, 6) is -5.03. The number of imide groups is 3. The standard InChI is InChI=1S/C37H32N2O7/c38-36(45)39-34(43)26-16-15-25-28(31(26)35(39)44)19-29-33(42)27(21-7-3-1-4-8-21)20-30(41)37(29,23-9-5-2-6-10-23)32(25)22-11-13-24(14-12-22)46-18-17-40/h1-15,20,26,28-29,31-32,40H,16-19H2,(H2,38,45)/t26-,28+,29-,31-,32-,37-/m0/s1. The molecule has 4 amide bonds. The minimum Gasteiger partial charge on any atom is -0.491 e. The Bertz CT molecular complexity index is 1820. The number of hydrogen-bond acceptors (Lipinski definition) is 7. The number of nitrogens with zero attached hydrogens (tertiary/aromatic N) is 1. The summed E-state index contributed by atoms with van der Waals surface area (Å²) in [4.78, 5) is 69.5. The maximum Gasteiger partial charge on any atom is 0.328 e. The van der Waals surface area contributed by atoms with E-state index in [-0.39, 0.29) is 37.6 Å². The summed E-state index contributed by atoms with van der Waals surface area (Å²) >= 11 is 0. The van der Waals surface area contributed by atoms with Crippen molar-refractivity contribution in [3.05, 3.63) is 119 Å². The number of aliphatic hydroxyl groups is 1. The molecule has 1 saturated carbocycles. The molecule has 0 bridgehead atoms. The van der Waals surface area contributed by atoms with Gasteiger partial charge in [-0.15, -0.1) is 0 Å². The van der Waals surface area contributed by atoms with Gasteiger partial charge in [-0.25, -0.2) is 4.79 Å². The molecule has 0 radical (unpaired) electrons. The monoisotopic (exact) mass is 616 g/mol. The summed E-state index contributed by atoms with van der Waals surface area (Å²) in [6.07, 6.45) is 3.73. The van der Waals surface area contributed by atoms with Crippen LogP contribution in [0.2, 0.25) is 0 Å². The van der Waals surface area contributed by atoms with Crippen LogP contribution in [0.15, 0.2) is 103 Å². The van der Waals surface area contributed by atoms with E-state index >= 15 is 0 Å². The molecule has 1 heterocycles. The molecule has 3 aliphatic carbocycles. The van der Waals surface area contributed by atoms with Crippen molar-refractivity contribution in [2.24, 2.45) is 29.4 Å². The maximum atomic E-state index is 14.9. The van der Waals surface area contributed by atoms with Gasteiger partial charge in [-0.1, -0.05) is 84.4 Å². The third-order valence-corrected chi connectivity index (χ3v) is 10.2. The lowest BCUT2D eigenvalue weighted by atomic mass is 9.44. The van der Waals surface area contributed by atoms with Gasteiger partial charge in [0.2, 0.25) is 11.8 Å². The van der Waals surface area contributed by atoms with Crippen LogP contribution >= 0.6 is 0 Å². The molecule has 2 fully saturated rings. The Morgan fingerprint density at radius 2 is 1.57 bits per heavy atom. The summed E-state index contributed by atoms with van der Waals surface area (Å²) in [5, 5.41) is 9.24. The number of carbonyl (C=O) groups excluding carboxylic acids is 5. The number of nitrogens with two attached hydrogens (primary N) is 1. The molecule has 0 unspecified atom stereocenters. The number of allylic oxidation sites excluding steroid dienone is 4. The van der Waals surface area contributed by atoms with Crippen LogP contribution in [-0.4, -0.2) is 52.6 Å². The highest BCUT2D eigenvalue weighted by Gasteiger charge is 2.66. The first-order valence-corrected chi connectivity index (χ1v) is 15.4. The second-order valence-corrected chi connectivity index (χ2v) is 12.3. The summed E-state index contributed by atoms with van der Waals surface area (Å²) in [7, 11) is 0. The van der Waals surface area contributed by atoms with Gasteiger partial charge in [0.25, 0.3) is 0 Å². The topological polar surface area (TPSA) is 144 Å². The van der Waals surface area contributed by atoms with Crippen molar-refractivity contribution in [2.75, 3.05) is 13.2 Å². The fraction of sp³-hybridized carbons (Fsp3) is 0.270. The first-order chi connectivity index (χ1) is 22.3. The number of fused-ring (bicyclic) bond motifs is 4. The zero-order valence-corrected chi connectivity index (χ0v) is 24.9. The van der Waals surface area contributed by atoms with Crippen LogP contribution in [0.1, 0.15) is 35.4 Å². The summed E-state index contributed by atoms with van der Waals surface area (Å²) < 4.78 is 5.61. The predicted molar refractivity (Wildman–Crippen MR) is 167 cm³/mol. The number of aliphatic hydroxyl groups excluding tert-OH is 1. The molecule has 9 nitrogen and oxygen atoms in total. The van der Waals surface area contributed by atoms with Gasteiger partial charge in [-0.3, -0.25) is 19.2 Å². The Balaban J connectivity index is 1.47. The molecule has 3 aromatic carbocycles. The first-order valence-electron chi connectivity index (χ1n) is 15.4. The Labute approximate surface area is 265 Å². The van der Waals surface area contributed by atoms with Gasteiger partial charge < -0.3 is 15.6 Å². The maximum absolute atomic E-state index is 14.9. The van der Waals surface area contributed by atoms with Crippen LogP contribution < -0.4 is 10.5 Å². The van der Waals surface area contributed by atoms with Gasteiger partial charge in [-0.05, 0) is 53.7 Å². The van der Waals surface area contributed by atoms with Gasteiger partial charge in [0, 0.05) is 17.4 Å². The molecule has 0 spiro atoms. The van der Waals surface area contributed by atoms with Gasteiger partial charge in [0.1, 0.15) is 12.4 Å². The van der Waals surface area contributed by atoms with Crippen LogP contribution in [-0.2, 0) is 24.6 Å². The number of rotatable bonds is 6. The zero-order valence-electron chi connectivity index (χ0n) is 24.9. The van der Waals surface area contributed by atoms with E-state index in [1.165, 1.54) is 6.08 Å². The highest BCUT2D eigenvalue weighted by molar-refractivity contribution is 6.31. The van der Waals surface area contributed by atoms with E-state index < -0.39 is 52.8 Å². The normalized spacial score (nSPS) is 28.5. The number of likely N-dealkylation sites (tertiary alicyclic amines) is 1. The molecule has 1 saturated heterocycles. The lowest BCUT2D eigenvalue weighted by molar-refractivity contribution is -0.137. The summed E-state index contributed by atoms with van der Waals surface area (Å²) in [6.45, 7) is -0.0380. The molecule has 3 aromatic rings. The molecule has 6 atom stereocenters. The smallest absolute Gasteiger partial charge is 0.328 e. The van der Waals surface area contributed by atoms with E-state index in [0.29, 0.717) is 27.3 Å². The average molecular weight is 617 g/mol. The van der Waals surface area contributed by atoms with E-state index in [4.69, 9.17) is 10.5 Å². The lowest BCUT2D eigenvalue weighted by Crippen LogP contribution is -2.58. The lowest BCUT2D eigenvalue weighted by Gasteiger charge is -2.55. The highest BCUT2D eigenvalue weighted by atomic mass is 16.5. The van der Waals surface area contributed by atoms with Gasteiger partial charge in [-0.2, -0.15) is 4.90 Å². The van der Waals surface area contributed by atoms with Crippen LogP contribution in [0.25, 0.3) is 5.57 Å². The van der Waals surface area contributed by atoms with Crippen molar-refractivity contribution in [3.8, 4) is 5.75 Å². The average Bonchev–Trinajstić information content (AvgIpc) is 3.34. The van der Waals surface area contributed by atoms with E-state index in [9.17, 15) is 29.1 Å². The predicted octanol–water partition coefficient (Wildman–Crippen LogP) is 3.96. The van der Waals surface area contributed by atoms with Crippen molar-refractivity contribution in [3.63, 3.8) is 0 Å². The molecule has 232 valence electrons. The Morgan fingerprint density at radius 3 is 2.22 bits per heavy atom.